The molecule has 0 saturated carbocycles. The molecule has 16 heavy (non-hydrogen) atoms. The zero-order valence-corrected chi connectivity index (χ0v) is 9.82. The van der Waals surface area contributed by atoms with Crippen molar-refractivity contribution < 1.29 is 4.74 Å². The number of halogens is 1. The van der Waals surface area contributed by atoms with Crippen LogP contribution in [0.5, 0.6) is 5.75 Å². The van der Waals surface area contributed by atoms with E-state index in [1.54, 1.807) is 30.0 Å². The van der Waals surface area contributed by atoms with Gasteiger partial charge in [0.1, 0.15) is 11.6 Å². The first-order valence-corrected chi connectivity index (χ1v) is 5.15. The van der Waals surface area contributed by atoms with E-state index in [-0.39, 0.29) is 0 Å². The Balaban J connectivity index is 2.52. The van der Waals surface area contributed by atoms with Gasteiger partial charge < -0.3 is 10.5 Å². The Labute approximate surface area is 98.6 Å². The first-order valence-electron chi connectivity index (χ1n) is 4.78. The summed E-state index contributed by atoms with van der Waals surface area (Å²) < 4.78 is 6.79. The monoisotopic (exact) mass is 237 g/mol. The molecule has 0 aliphatic carbocycles. The van der Waals surface area contributed by atoms with Crippen molar-refractivity contribution in [2.45, 2.75) is 6.92 Å². The van der Waals surface area contributed by atoms with E-state index in [2.05, 4.69) is 5.10 Å². The predicted octanol–water partition coefficient (Wildman–Crippen LogP) is 2.42. The zero-order valence-electron chi connectivity index (χ0n) is 9.07. The van der Waals surface area contributed by atoms with Gasteiger partial charge in [0.15, 0.2) is 0 Å². The molecule has 0 unspecified atom stereocenters. The Morgan fingerprint density at radius 1 is 1.38 bits per heavy atom. The molecule has 5 heteroatoms. The summed E-state index contributed by atoms with van der Waals surface area (Å²) in [5.74, 6) is 1.19. The van der Waals surface area contributed by atoms with E-state index in [1.165, 1.54) is 0 Å². The van der Waals surface area contributed by atoms with E-state index in [1.807, 2.05) is 13.0 Å². The summed E-state index contributed by atoms with van der Waals surface area (Å²) in [5, 5.41) is 4.84. The lowest BCUT2D eigenvalue weighted by molar-refractivity contribution is 0.414. The van der Waals surface area contributed by atoms with Crippen LogP contribution in [-0.4, -0.2) is 16.9 Å². The molecule has 0 aliphatic heterocycles. The van der Waals surface area contributed by atoms with Crippen molar-refractivity contribution in [3.8, 4) is 11.4 Å². The number of nitrogens with two attached hydrogens (primary N) is 1. The van der Waals surface area contributed by atoms with Gasteiger partial charge in [-0.1, -0.05) is 11.6 Å². The van der Waals surface area contributed by atoms with Crippen molar-refractivity contribution in [3.05, 3.63) is 35.0 Å². The van der Waals surface area contributed by atoms with E-state index in [9.17, 15) is 0 Å². The molecule has 0 saturated heterocycles. The maximum Gasteiger partial charge on any atom is 0.139 e. The summed E-state index contributed by atoms with van der Waals surface area (Å²) in [6.45, 7) is 1.89. The molecule has 0 bridgehead atoms. The van der Waals surface area contributed by atoms with Crippen LogP contribution in [0.15, 0.2) is 24.3 Å². The third-order valence-corrected chi connectivity index (χ3v) is 2.55. The number of methoxy groups -OCH3 is 1. The van der Waals surface area contributed by atoms with E-state index >= 15 is 0 Å². The predicted molar refractivity (Wildman–Crippen MR) is 64.3 cm³/mol. The number of hydrogen-bond acceptors (Lipinski definition) is 3. The van der Waals surface area contributed by atoms with E-state index in [4.69, 9.17) is 22.1 Å². The van der Waals surface area contributed by atoms with Crippen molar-refractivity contribution in [1.29, 1.82) is 0 Å². The second-order valence-electron chi connectivity index (χ2n) is 3.44. The summed E-state index contributed by atoms with van der Waals surface area (Å²) in [5.41, 5.74) is 7.52. The summed E-state index contributed by atoms with van der Waals surface area (Å²) in [7, 11) is 1.57. The summed E-state index contributed by atoms with van der Waals surface area (Å²) in [4.78, 5) is 0. The molecule has 0 fully saturated rings. The molecule has 0 spiro atoms. The SMILES string of the molecule is COc1cc(-n2nc(C)cc2N)ccc1Cl. The third kappa shape index (κ3) is 1.84. The van der Waals surface area contributed by atoms with Crippen LogP contribution in [0.4, 0.5) is 5.82 Å². The van der Waals surface area contributed by atoms with Gasteiger partial charge in [-0.3, -0.25) is 0 Å². The van der Waals surface area contributed by atoms with Gasteiger partial charge in [-0.05, 0) is 19.1 Å². The minimum Gasteiger partial charge on any atom is -0.495 e. The first kappa shape index (κ1) is 10.8. The molecule has 4 nitrogen and oxygen atoms in total. The largest absolute Gasteiger partial charge is 0.495 e. The summed E-state index contributed by atoms with van der Waals surface area (Å²) in [6, 6.07) is 7.20. The van der Waals surface area contributed by atoms with Gasteiger partial charge in [-0.15, -0.1) is 0 Å². The second-order valence-corrected chi connectivity index (χ2v) is 3.85. The van der Waals surface area contributed by atoms with Crippen LogP contribution in [0.2, 0.25) is 5.02 Å². The van der Waals surface area contributed by atoms with Crippen LogP contribution in [0.3, 0.4) is 0 Å². The van der Waals surface area contributed by atoms with Crippen molar-refractivity contribution in [3.63, 3.8) is 0 Å². The van der Waals surface area contributed by atoms with Crippen LogP contribution in [0.1, 0.15) is 5.69 Å². The molecule has 1 aromatic carbocycles. The smallest absolute Gasteiger partial charge is 0.139 e. The van der Waals surface area contributed by atoms with Crippen LogP contribution in [0, 0.1) is 6.92 Å². The van der Waals surface area contributed by atoms with Crippen LogP contribution >= 0.6 is 11.6 Å². The number of nitrogens with zero attached hydrogens (tertiary/aromatic N) is 2. The van der Waals surface area contributed by atoms with Crippen LogP contribution < -0.4 is 10.5 Å². The lowest BCUT2D eigenvalue weighted by atomic mass is 10.3. The molecule has 1 heterocycles. The highest BCUT2D eigenvalue weighted by Crippen LogP contribution is 2.27. The van der Waals surface area contributed by atoms with Gasteiger partial charge >= 0.3 is 0 Å². The highest BCUT2D eigenvalue weighted by Gasteiger charge is 2.07. The normalized spacial score (nSPS) is 10.4. The number of rotatable bonds is 2. The molecule has 2 aromatic rings. The molecule has 0 amide bonds. The minimum atomic E-state index is 0.564. The molecular formula is C11H12ClN3O. The fourth-order valence-electron chi connectivity index (χ4n) is 1.51. The number of nitrogen functional groups attached to an aromatic ring is 1. The van der Waals surface area contributed by atoms with Gasteiger partial charge in [-0.2, -0.15) is 5.10 Å². The Morgan fingerprint density at radius 3 is 2.69 bits per heavy atom. The van der Waals surface area contributed by atoms with Crippen LogP contribution in [-0.2, 0) is 0 Å². The molecule has 0 radical (unpaired) electrons. The summed E-state index contributed by atoms with van der Waals surface area (Å²) >= 11 is 5.94. The van der Waals surface area contributed by atoms with Crippen molar-refractivity contribution in [1.82, 2.24) is 9.78 Å². The van der Waals surface area contributed by atoms with E-state index in [0.29, 0.717) is 16.6 Å². The van der Waals surface area contributed by atoms with Crippen LogP contribution in [0.25, 0.3) is 5.69 Å². The molecule has 2 rings (SSSR count). The van der Waals surface area contributed by atoms with E-state index in [0.717, 1.165) is 11.4 Å². The van der Waals surface area contributed by atoms with Gasteiger partial charge in [0, 0.05) is 12.1 Å². The molecule has 84 valence electrons. The molecule has 0 aliphatic rings. The maximum atomic E-state index is 5.94. The maximum absolute atomic E-state index is 5.94. The van der Waals surface area contributed by atoms with Gasteiger partial charge in [0.25, 0.3) is 0 Å². The molecular weight excluding hydrogens is 226 g/mol. The number of ether oxygens (including phenoxy) is 1. The number of hydrogen-bond donors (Lipinski definition) is 1. The van der Waals surface area contributed by atoms with Crippen molar-refractivity contribution >= 4 is 17.4 Å². The molecule has 0 atom stereocenters. The van der Waals surface area contributed by atoms with Crippen molar-refractivity contribution in [2.24, 2.45) is 0 Å². The number of aromatic nitrogens is 2. The topological polar surface area (TPSA) is 53.1 Å². The number of aryl methyl sites for hydroxylation is 1. The Hall–Kier alpha value is -1.68. The molecule has 1 aromatic heterocycles. The minimum absolute atomic E-state index is 0.564. The Morgan fingerprint density at radius 2 is 2.12 bits per heavy atom. The number of anilines is 1. The average Bonchev–Trinajstić information content (AvgIpc) is 2.59. The number of benzene rings is 1. The fourth-order valence-corrected chi connectivity index (χ4v) is 1.70. The van der Waals surface area contributed by atoms with E-state index < -0.39 is 0 Å². The van der Waals surface area contributed by atoms with Gasteiger partial charge in [-0.25, -0.2) is 4.68 Å². The quantitative estimate of drug-likeness (QED) is 0.873. The Bertz CT molecular complexity index is 522. The van der Waals surface area contributed by atoms with Gasteiger partial charge in [0.2, 0.25) is 0 Å². The highest BCUT2D eigenvalue weighted by molar-refractivity contribution is 6.32. The van der Waals surface area contributed by atoms with Gasteiger partial charge in [0.05, 0.1) is 23.5 Å². The van der Waals surface area contributed by atoms with Crippen molar-refractivity contribution in [2.75, 3.05) is 12.8 Å². The average molecular weight is 238 g/mol. The lowest BCUT2D eigenvalue weighted by Gasteiger charge is -2.07. The Kier molecular flexibility index (Phi) is 2.75. The fraction of sp³-hybridized carbons (Fsp3) is 0.182. The second kappa shape index (κ2) is 4.06. The lowest BCUT2D eigenvalue weighted by Crippen LogP contribution is -2.02. The first-order chi connectivity index (χ1) is 7.61. The summed E-state index contributed by atoms with van der Waals surface area (Å²) in [6.07, 6.45) is 0. The zero-order chi connectivity index (χ0) is 11.7. The molecule has 2 N–H and O–H groups in total. The highest BCUT2D eigenvalue weighted by atomic mass is 35.5. The third-order valence-electron chi connectivity index (χ3n) is 2.24. The standard InChI is InChI=1S/C11H12ClN3O/c1-7-5-11(13)15(14-7)8-3-4-9(12)10(6-8)16-2/h3-6H,13H2,1-2H3.